The maximum absolute atomic E-state index is 9.57. The summed E-state index contributed by atoms with van der Waals surface area (Å²) in [5, 5.41) is 18.3. The number of phenolic OH excluding ortho intramolecular Hbond substituents is 1. The van der Waals surface area contributed by atoms with Crippen LogP contribution in [0.2, 0.25) is 0 Å². The van der Waals surface area contributed by atoms with Crippen molar-refractivity contribution in [3.63, 3.8) is 0 Å². The van der Waals surface area contributed by atoms with E-state index in [1.807, 2.05) is 13.8 Å². The molecule has 0 heterocycles. The van der Waals surface area contributed by atoms with Gasteiger partial charge >= 0.3 is 0 Å². The molecule has 0 bridgehead atoms. The Balaban J connectivity index is 3.14. The normalized spacial score (nSPS) is 11.1. The van der Waals surface area contributed by atoms with Crippen molar-refractivity contribution in [2.24, 2.45) is 0 Å². The van der Waals surface area contributed by atoms with Gasteiger partial charge in [-0.3, -0.25) is 0 Å². The number of hydrogen-bond donors (Lipinski definition) is 1. The van der Waals surface area contributed by atoms with Gasteiger partial charge in [-0.25, -0.2) is 0 Å². The Bertz CT molecular complexity index is 388. The first kappa shape index (κ1) is 11.6. The Kier molecular flexibility index (Phi) is 3.36. The minimum absolute atomic E-state index is 0.197. The molecule has 1 aromatic carbocycles. The van der Waals surface area contributed by atoms with Crippen molar-refractivity contribution in [2.75, 3.05) is 0 Å². The fourth-order valence-electron chi connectivity index (χ4n) is 1.57. The van der Waals surface area contributed by atoms with Crippen molar-refractivity contribution in [1.82, 2.24) is 0 Å². The van der Waals surface area contributed by atoms with Crippen molar-refractivity contribution >= 4 is 0 Å². The number of nitrogens with zero attached hydrogens (tertiary/aromatic N) is 1. The summed E-state index contributed by atoms with van der Waals surface area (Å²) >= 11 is 0. The molecule has 0 unspecified atom stereocenters. The molecule has 0 aliphatic heterocycles. The lowest BCUT2D eigenvalue weighted by Gasteiger charge is -2.22. The van der Waals surface area contributed by atoms with E-state index in [1.54, 1.807) is 12.1 Å². The maximum atomic E-state index is 9.57. The van der Waals surface area contributed by atoms with Crippen LogP contribution < -0.4 is 0 Å². The van der Waals surface area contributed by atoms with Crippen LogP contribution in [0.15, 0.2) is 18.2 Å². The average Bonchev–Trinajstić information content (AvgIpc) is 2.16. The largest absolute Gasteiger partial charge is 0.508 e. The van der Waals surface area contributed by atoms with Gasteiger partial charge in [0.15, 0.2) is 0 Å². The maximum Gasteiger partial charge on any atom is 0.116 e. The van der Waals surface area contributed by atoms with Crippen molar-refractivity contribution in [2.45, 2.75) is 39.0 Å². The van der Waals surface area contributed by atoms with E-state index < -0.39 is 0 Å². The molecule has 1 aromatic rings. The first-order chi connectivity index (χ1) is 6.99. The number of aryl methyl sites for hydroxylation is 1. The first-order valence-electron chi connectivity index (χ1n) is 5.20. The second kappa shape index (κ2) is 4.35. The molecule has 1 N–H and O–H groups in total. The molecule has 0 saturated heterocycles. The average molecular weight is 203 g/mol. The molecular formula is C13H17NO. The SMILES string of the molecule is CCc1cc(O)cc(C(C)(C)CC#N)c1. The van der Waals surface area contributed by atoms with Gasteiger partial charge in [-0.2, -0.15) is 5.26 Å². The van der Waals surface area contributed by atoms with E-state index in [2.05, 4.69) is 19.1 Å². The Morgan fingerprint density at radius 3 is 2.53 bits per heavy atom. The molecule has 2 heteroatoms. The topological polar surface area (TPSA) is 44.0 Å². The zero-order valence-electron chi connectivity index (χ0n) is 9.54. The van der Waals surface area contributed by atoms with Crippen molar-refractivity contribution in [3.05, 3.63) is 29.3 Å². The van der Waals surface area contributed by atoms with Crippen LogP contribution >= 0.6 is 0 Å². The summed E-state index contributed by atoms with van der Waals surface area (Å²) in [6.45, 7) is 6.09. The smallest absolute Gasteiger partial charge is 0.116 e. The summed E-state index contributed by atoms with van der Waals surface area (Å²) in [5.74, 6) is 0.287. The highest BCUT2D eigenvalue weighted by Gasteiger charge is 2.21. The van der Waals surface area contributed by atoms with Crippen LogP contribution in [0.1, 0.15) is 38.3 Å². The van der Waals surface area contributed by atoms with Gasteiger partial charge in [-0.1, -0.05) is 26.8 Å². The third kappa shape index (κ3) is 2.73. The number of hydrogen-bond acceptors (Lipinski definition) is 2. The fourth-order valence-corrected chi connectivity index (χ4v) is 1.57. The monoisotopic (exact) mass is 203 g/mol. The molecule has 0 atom stereocenters. The van der Waals surface area contributed by atoms with Crippen LogP contribution in [0.3, 0.4) is 0 Å². The summed E-state index contributed by atoms with van der Waals surface area (Å²) < 4.78 is 0. The van der Waals surface area contributed by atoms with Gasteiger partial charge in [0.25, 0.3) is 0 Å². The van der Waals surface area contributed by atoms with E-state index in [9.17, 15) is 5.11 Å². The first-order valence-corrected chi connectivity index (χ1v) is 5.20. The minimum atomic E-state index is -0.197. The lowest BCUT2D eigenvalue weighted by molar-refractivity contribution is 0.467. The number of benzene rings is 1. The molecule has 0 amide bonds. The van der Waals surface area contributed by atoms with Crippen LogP contribution in [0, 0.1) is 11.3 Å². The highest BCUT2D eigenvalue weighted by molar-refractivity contribution is 5.37. The van der Waals surface area contributed by atoms with Crippen LogP contribution in [0.4, 0.5) is 0 Å². The quantitative estimate of drug-likeness (QED) is 0.820. The van der Waals surface area contributed by atoms with E-state index >= 15 is 0 Å². The second-order valence-electron chi connectivity index (χ2n) is 4.46. The predicted octanol–water partition coefficient (Wildman–Crippen LogP) is 3.15. The van der Waals surface area contributed by atoms with E-state index in [0.717, 1.165) is 17.5 Å². The molecule has 1 rings (SSSR count). The van der Waals surface area contributed by atoms with Crippen LogP contribution in [-0.4, -0.2) is 5.11 Å². The highest BCUT2D eigenvalue weighted by Crippen LogP contribution is 2.30. The van der Waals surface area contributed by atoms with Gasteiger partial charge in [-0.15, -0.1) is 0 Å². The summed E-state index contributed by atoms with van der Waals surface area (Å²) in [6.07, 6.45) is 1.35. The highest BCUT2D eigenvalue weighted by atomic mass is 16.3. The second-order valence-corrected chi connectivity index (χ2v) is 4.46. The molecule has 0 spiro atoms. The van der Waals surface area contributed by atoms with Gasteiger partial charge < -0.3 is 5.11 Å². The number of rotatable bonds is 3. The molecule has 0 aliphatic rings. The van der Waals surface area contributed by atoms with Gasteiger partial charge in [0.2, 0.25) is 0 Å². The van der Waals surface area contributed by atoms with E-state index in [-0.39, 0.29) is 11.2 Å². The zero-order valence-corrected chi connectivity index (χ0v) is 9.54. The Hall–Kier alpha value is -1.49. The standard InChI is InChI=1S/C13H17NO/c1-4-10-7-11(9-12(15)8-10)13(2,3)5-6-14/h7-9,15H,4-5H2,1-3H3. The van der Waals surface area contributed by atoms with E-state index in [4.69, 9.17) is 5.26 Å². The van der Waals surface area contributed by atoms with Crippen LogP contribution in [0.5, 0.6) is 5.75 Å². The molecule has 0 fully saturated rings. The summed E-state index contributed by atoms with van der Waals surface area (Å²) in [7, 11) is 0. The zero-order chi connectivity index (χ0) is 11.5. The Morgan fingerprint density at radius 2 is 2.00 bits per heavy atom. The molecule has 0 aromatic heterocycles. The van der Waals surface area contributed by atoms with Gasteiger partial charge in [-0.05, 0) is 29.7 Å². The van der Waals surface area contributed by atoms with Crippen LogP contribution in [-0.2, 0) is 11.8 Å². The third-order valence-electron chi connectivity index (χ3n) is 2.69. The molecule has 15 heavy (non-hydrogen) atoms. The summed E-state index contributed by atoms with van der Waals surface area (Å²) in [5.41, 5.74) is 1.94. The van der Waals surface area contributed by atoms with Gasteiger partial charge in [0.05, 0.1) is 6.07 Å². The Labute approximate surface area is 91.2 Å². The molecule has 0 radical (unpaired) electrons. The lowest BCUT2D eigenvalue weighted by Crippen LogP contribution is -2.16. The van der Waals surface area contributed by atoms with Crippen LogP contribution in [0.25, 0.3) is 0 Å². The molecule has 0 saturated carbocycles. The van der Waals surface area contributed by atoms with Gasteiger partial charge in [0, 0.05) is 11.8 Å². The Morgan fingerprint density at radius 1 is 1.33 bits per heavy atom. The van der Waals surface area contributed by atoms with Crippen molar-refractivity contribution in [3.8, 4) is 11.8 Å². The molecular weight excluding hydrogens is 186 g/mol. The predicted molar refractivity (Wildman–Crippen MR) is 60.7 cm³/mol. The number of aromatic hydroxyl groups is 1. The minimum Gasteiger partial charge on any atom is -0.508 e. The number of phenols is 1. The number of nitriles is 1. The summed E-state index contributed by atoms with van der Waals surface area (Å²) in [6, 6.07) is 7.76. The van der Waals surface area contributed by atoms with E-state index in [1.165, 1.54) is 0 Å². The van der Waals surface area contributed by atoms with Crippen molar-refractivity contribution in [1.29, 1.82) is 5.26 Å². The molecule has 2 nitrogen and oxygen atoms in total. The summed E-state index contributed by atoms with van der Waals surface area (Å²) in [4.78, 5) is 0. The fraction of sp³-hybridized carbons (Fsp3) is 0.462. The van der Waals surface area contributed by atoms with E-state index in [0.29, 0.717) is 6.42 Å². The third-order valence-corrected chi connectivity index (χ3v) is 2.69. The van der Waals surface area contributed by atoms with Crippen molar-refractivity contribution < 1.29 is 5.11 Å². The lowest BCUT2D eigenvalue weighted by atomic mass is 9.81. The van der Waals surface area contributed by atoms with Gasteiger partial charge in [0.1, 0.15) is 5.75 Å². The molecule has 0 aliphatic carbocycles. The molecule has 80 valence electrons.